The van der Waals surface area contributed by atoms with E-state index in [0.29, 0.717) is 0 Å². The highest BCUT2D eigenvalue weighted by Gasteiger charge is 2.26. The van der Waals surface area contributed by atoms with Crippen LogP contribution >= 0.6 is 0 Å². The second-order valence-corrected chi connectivity index (χ2v) is 4.66. The van der Waals surface area contributed by atoms with Gasteiger partial charge in [0.05, 0.1) is 0 Å². The lowest BCUT2D eigenvalue weighted by atomic mass is 9.83. The number of hydrogen-bond acceptors (Lipinski definition) is 1. The minimum absolute atomic E-state index is 0.851. The Morgan fingerprint density at radius 3 is 2.25 bits per heavy atom. The SMILES string of the molecule is C[C@@H]1CCCC[C@H]1NC1CCC1. The van der Waals surface area contributed by atoms with Crippen molar-refractivity contribution in [3.05, 3.63) is 0 Å². The normalized spacial score (nSPS) is 37.8. The topological polar surface area (TPSA) is 12.0 Å². The third-order valence-corrected chi connectivity index (χ3v) is 3.67. The fourth-order valence-electron chi connectivity index (χ4n) is 2.44. The van der Waals surface area contributed by atoms with Gasteiger partial charge in [0, 0.05) is 12.1 Å². The quantitative estimate of drug-likeness (QED) is 0.667. The van der Waals surface area contributed by atoms with Gasteiger partial charge in [-0.25, -0.2) is 0 Å². The van der Waals surface area contributed by atoms with Crippen molar-refractivity contribution >= 4 is 0 Å². The van der Waals surface area contributed by atoms with Crippen LogP contribution in [0.3, 0.4) is 0 Å². The first-order valence-electron chi connectivity index (χ1n) is 5.62. The molecule has 2 saturated carbocycles. The van der Waals surface area contributed by atoms with Crippen LogP contribution in [0.4, 0.5) is 0 Å². The summed E-state index contributed by atoms with van der Waals surface area (Å²) >= 11 is 0. The Morgan fingerprint density at radius 2 is 1.67 bits per heavy atom. The average molecular weight is 167 g/mol. The van der Waals surface area contributed by atoms with Crippen LogP contribution in [0.2, 0.25) is 0 Å². The zero-order valence-electron chi connectivity index (χ0n) is 8.18. The summed E-state index contributed by atoms with van der Waals surface area (Å²) in [6, 6.07) is 1.74. The summed E-state index contributed by atoms with van der Waals surface area (Å²) in [5.74, 6) is 0.930. The second kappa shape index (κ2) is 3.78. The van der Waals surface area contributed by atoms with E-state index in [1.165, 1.54) is 44.9 Å². The van der Waals surface area contributed by atoms with Crippen molar-refractivity contribution in [1.29, 1.82) is 0 Å². The molecule has 2 aliphatic carbocycles. The Kier molecular flexibility index (Phi) is 2.69. The maximum Gasteiger partial charge on any atom is 0.00952 e. The summed E-state index contributed by atoms with van der Waals surface area (Å²) in [6.45, 7) is 2.41. The highest BCUT2D eigenvalue weighted by atomic mass is 15.0. The van der Waals surface area contributed by atoms with E-state index in [1.807, 2.05) is 0 Å². The third kappa shape index (κ3) is 1.82. The van der Waals surface area contributed by atoms with Gasteiger partial charge >= 0.3 is 0 Å². The molecular formula is C11H21N. The first-order valence-corrected chi connectivity index (χ1v) is 5.62. The van der Waals surface area contributed by atoms with Gasteiger partial charge in [-0.2, -0.15) is 0 Å². The predicted octanol–water partition coefficient (Wildman–Crippen LogP) is 2.71. The molecule has 0 aromatic carbocycles. The zero-order valence-corrected chi connectivity index (χ0v) is 8.18. The van der Waals surface area contributed by atoms with Crippen LogP contribution in [0.5, 0.6) is 0 Å². The van der Waals surface area contributed by atoms with Gasteiger partial charge in [0.25, 0.3) is 0 Å². The second-order valence-electron chi connectivity index (χ2n) is 4.66. The van der Waals surface area contributed by atoms with Crippen molar-refractivity contribution in [2.45, 2.75) is 64.0 Å². The molecule has 1 nitrogen and oxygen atoms in total. The van der Waals surface area contributed by atoms with Crippen molar-refractivity contribution in [3.8, 4) is 0 Å². The molecule has 1 heteroatoms. The number of hydrogen-bond donors (Lipinski definition) is 1. The van der Waals surface area contributed by atoms with Crippen LogP contribution in [0.15, 0.2) is 0 Å². The molecule has 1 N–H and O–H groups in total. The van der Waals surface area contributed by atoms with Crippen molar-refractivity contribution < 1.29 is 0 Å². The van der Waals surface area contributed by atoms with Crippen molar-refractivity contribution in [2.75, 3.05) is 0 Å². The van der Waals surface area contributed by atoms with Gasteiger partial charge in [-0.15, -0.1) is 0 Å². The lowest BCUT2D eigenvalue weighted by molar-refractivity contribution is 0.218. The lowest BCUT2D eigenvalue weighted by Crippen LogP contribution is -2.46. The molecule has 0 spiro atoms. The van der Waals surface area contributed by atoms with E-state index in [9.17, 15) is 0 Å². The molecule has 0 aromatic rings. The molecule has 70 valence electrons. The molecule has 0 amide bonds. The Labute approximate surface area is 75.9 Å². The molecule has 2 atom stereocenters. The minimum Gasteiger partial charge on any atom is -0.311 e. The first-order chi connectivity index (χ1) is 5.86. The molecule has 0 radical (unpaired) electrons. The number of nitrogens with one attached hydrogen (secondary N) is 1. The molecule has 2 fully saturated rings. The maximum atomic E-state index is 3.81. The van der Waals surface area contributed by atoms with Gasteiger partial charge in [-0.05, 0) is 31.6 Å². The van der Waals surface area contributed by atoms with Crippen LogP contribution in [0.25, 0.3) is 0 Å². The summed E-state index contributed by atoms with van der Waals surface area (Å²) < 4.78 is 0. The summed E-state index contributed by atoms with van der Waals surface area (Å²) in [5.41, 5.74) is 0. The third-order valence-electron chi connectivity index (χ3n) is 3.67. The van der Waals surface area contributed by atoms with Crippen LogP contribution in [0, 0.1) is 5.92 Å². The lowest BCUT2D eigenvalue weighted by Gasteiger charge is -2.36. The fraction of sp³-hybridized carbons (Fsp3) is 1.00. The molecule has 2 rings (SSSR count). The average Bonchev–Trinajstić information content (AvgIpc) is 2.00. The Balaban J connectivity index is 1.76. The van der Waals surface area contributed by atoms with Crippen LogP contribution < -0.4 is 5.32 Å². The summed E-state index contributed by atoms with van der Waals surface area (Å²) in [5, 5.41) is 3.81. The standard InChI is InChI=1S/C11H21N/c1-9-5-2-3-8-11(9)12-10-6-4-7-10/h9-12H,2-8H2,1H3/t9-,11-/m1/s1. The minimum atomic E-state index is 0.851. The molecule has 0 saturated heterocycles. The van der Waals surface area contributed by atoms with Crippen LogP contribution in [-0.2, 0) is 0 Å². The van der Waals surface area contributed by atoms with E-state index in [1.54, 1.807) is 0 Å². The van der Waals surface area contributed by atoms with Gasteiger partial charge in [-0.1, -0.05) is 26.2 Å². The largest absolute Gasteiger partial charge is 0.311 e. The zero-order chi connectivity index (χ0) is 8.39. The highest BCUT2D eigenvalue weighted by Crippen LogP contribution is 2.27. The van der Waals surface area contributed by atoms with Gasteiger partial charge < -0.3 is 5.32 Å². The smallest absolute Gasteiger partial charge is 0.00952 e. The molecule has 0 heterocycles. The van der Waals surface area contributed by atoms with Gasteiger partial charge in [0.1, 0.15) is 0 Å². The maximum absolute atomic E-state index is 3.81. The van der Waals surface area contributed by atoms with E-state index in [-0.39, 0.29) is 0 Å². The van der Waals surface area contributed by atoms with Crippen molar-refractivity contribution in [1.82, 2.24) is 5.32 Å². The Hall–Kier alpha value is -0.0400. The van der Waals surface area contributed by atoms with E-state index >= 15 is 0 Å². The molecular weight excluding hydrogens is 146 g/mol. The molecule has 0 unspecified atom stereocenters. The molecule has 0 aliphatic heterocycles. The monoisotopic (exact) mass is 167 g/mol. The van der Waals surface area contributed by atoms with Crippen LogP contribution in [0.1, 0.15) is 51.9 Å². The van der Waals surface area contributed by atoms with Crippen LogP contribution in [-0.4, -0.2) is 12.1 Å². The molecule has 12 heavy (non-hydrogen) atoms. The predicted molar refractivity (Wildman–Crippen MR) is 52.2 cm³/mol. The van der Waals surface area contributed by atoms with Crippen molar-refractivity contribution in [3.63, 3.8) is 0 Å². The van der Waals surface area contributed by atoms with Gasteiger partial charge in [-0.3, -0.25) is 0 Å². The summed E-state index contributed by atoms with van der Waals surface area (Å²) in [6.07, 6.45) is 10.1. The summed E-state index contributed by atoms with van der Waals surface area (Å²) in [4.78, 5) is 0. The molecule has 0 bridgehead atoms. The first kappa shape index (κ1) is 8.55. The van der Waals surface area contributed by atoms with Gasteiger partial charge in [0.15, 0.2) is 0 Å². The van der Waals surface area contributed by atoms with Crippen molar-refractivity contribution in [2.24, 2.45) is 5.92 Å². The molecule has 0 aromatic heterocycles. The molecule has 2 aliphatic rings. The summed E-state index contributed by atoms with van der Waals surface area (Å²) in [7, 11) is 0. The Morgan fingerprint density at radius 1 is 0.917 bits per heavy atom. The fourth-order valence-corrected chi connectivity index (χ4v) is 2.44. The van der Waals surface area contributed by atoms with E-state index in [4.69, 9.17) is 0 Å². The van der Waals surface area contributed by atoms with Gasteiger partial charge in [0.2, 0.25) is 0 Å². The highest BCUT2D eigenvalue weighted by molar-refractivity contribution is 4.85. The van der Waals surface area contributed by atoms with E-state index in [0.717, 1.165) is 18.0 Å². The van der Waals surface area contributed by atoms with E-state index in [2.05, 4.69) is 12.2 Å². The van der Waals surface area contributed by atoms with E-state index < -0.39 is 0 Å². The Bertz CT molecular complexity index is 140. The number of rotatable bonds is 2.